The van der Waals surface area contributed by atoms with Gasteiger partial charge in [-0.2, -0.15) is 10.2 Å². The third-order valence-electron chi connectivity index (χ3n) is 5.99. The molecule has 7 heteroatoms. The summed E-state index contributed by atoms with van der Waals surface area (Å²) in [6.07, 6.45) is 5.76. The Morgan fingerprint density at radius 2 is 1.76 bits per heavy atom. The summed E-state index contributed by atoms with van der Waals surface area (Å²) in [5, 5.41) is 10.2. The molecule has 0 unspecified atom stereocenters. The second-order valence-electron chi connectivity index (χ2n) is 8.58. The molecule has 1 aliphatic carbocycles. The van der Waals surface area contributed by atoms with Crippen LogP contribution in [-0.4, -0.2) is 24.5 Å². The van der Waals surface area contributed by atoms with E-state index >= 15 is 0 Å². The van der Waals surface area contributed by atoms with Gasteiger partial charge in [-0.25, -0.2) is 9.67 Å². The number of hydrogen-bond acceptors (Lipinski definition) is 5. The molecular weight excluding hydrogens is 426 g/mol. The van der Waals surface area contributed by atoms with Crippen molar-refractivity contribution in [1.82, 2.24) is 24.5 Å². The molecule has 2 aromatic carbocycles. The van der Waals surface area contributed by atoms with Crippen LogP contribution in [0.25, 0.3) is 28.0 Å². The van der Waals surface area contributed by atoms with Gasteiger partial charge in [-0.05, 0) is 49.1 Å². The number of ether oxygens (including phenoxy) is 1. The van der Waals surface area contributed by atoms with Crippen LogP contribution in [-0.2, 0) is 13.2 Å². The van der Waals surface area contributed by atoms with Gasteiger partial charge >= 0.3 is 0 Å². The van der Waals surface area contributed by atoms with E-state index in [0.717, 1.165) is 28.8 Å². The quantitative estimate of drug-likeness (QED) is 0.362. The molecule has 1 fully saturated rings. The zero-order valence-electron chi connectivity index (χ0n) is 18.5. The van der Waals surface area contributed by atoms with Crippen molar-refractivity contribution in [1.29, 1.82) is 0 Å². The molecule has 0 aliphatic heterocycles. The largest absolute Gasteiger partial charge is 0.482 e. The standard InChI is InChI=1S/C27H23N5O2/c33-27-25(34-18-21-13-12-20-6-4-5-9-23(20)29-21)17-31(16-19-10-11-19)30-26(27)24-14-15-28-32(24)22-7-2-1-3-8-22/h1-9,12-15,17,19H,10-11,16,18H2. The van der Waals surface area contributed by atoms with Gasteiger partial charge in [0.2, 0.25) is 0 Å². The number of para-hydroxylation sites is 2. The van der Waals surface area contributed by atoms with Gasteiger partial charge in [0.15, 0.2) is 11.4 Å². The molecule has 0 atom stereocenters. The highest BCUT2D eigenvalue weighted by atomic mass is 16.5. The first kappa shape index (κ1) is 20.4. The number of fused-ring (bicyclic) bond motifs is 1. The number of rotatable bonds is 7. The SMILES string of the molecule is O=c1c(OCc2ccc3ccccc3n2)cn(CC2CC2)nc1-c1ccnn1-c1ccccc1. The van der Waals surface area contributed by atoms with Crippen LogP contribution in [0.5, 0.6) is 5.75 Å². The minimum atomic E-state index is -0.259. The van der Waals surface area contributed by atoms with Crippen molar-refractivity contribution in [3.63, 3.8) is 0 Å². The van der Waals surface area contributed by atoms with Crippen molar-refractivity contribution < 1.29 is 4.74 Å². The lowest BCUT2D eigenvalue weighted by Gasteiger charge is -2.13. The van der Waals surface area contributed by atoms with Crippen molar-refractivity contribution in [2.24, 2.45) is 5.92 Å². The highest BCUT2D eigenvalue weighted by Crippen LogP contribution is 2.31. The van der Waals surface area contributed by atoms with Crippen LogP contribution in [0.2, 0.25) is 0 Å². The predicted molar refractivity (Wildman–Crippen MR) is 130 cm³/mol. The summed E-state index contributed by atoms with van der Waals surface area (Å²) in [5.74, 6) is 0.860. The smallest absolute Gasteiger partial charge is 0.251 e. The Labute approximate surface area is 196 Å². The van der Waals surface area contributed by atoms with E-state index < -0.39 is 0 Å². The summed E-state index contributed by atoms with van der Waals surface area (Å²) in [5.41, 5.74) is 3.23. The Hall–Kier alpha value is -4.26. The number of hydrogen-bond donors (Lipinski definition) is 0. The Morgan fingerprint density at radius 3 is 2.62 bits per heavy atom. The molecule has 0 bridgehead atoms. The molecule has 0 radical (unpaired) electrons. The first-order chi connectivity index (χ1) is 16.7. The molecule has 168 valence electrons. The molecule has 3 heterocycles. The third kappa shape index (κ3) is 4.08. The second kappa shape index (κ2) is 8.59. The summed E-state index contributed by atoms with van der Waals surface area (Å²) >= 11 is 0. The molecule has 0 amide bonds. The zero-order valence-corrected chi connectivity index (χ0v) is 18.5. The fourth-order valence-electron chi connectivity index (χ4n) is 4.04. The number of benzene rings is 2. The van der Waals surface area contributed by atoms with Crippen LogP contribution >= 0.6 is 0 Å². The minimum Gasteiger partial charge on any atom is -0.482 e. The first-order valence-corrected chi connectivity index (χ1v) is 11.4. The van der Waals surface area contributed by atoms with Crippen LogP contribution < -0.4 is 10.2 Å². The van der Waals surface area contributed by atoms with Crippen LogP contribution in [0.4, 0.5) is 0 Å². The van der Waals surface area contributed by atoms with E-state index in [4.69, 9.17) is 4.74 Å². The number of nitrogens with zero attached hydrogens (tertiary/aromatic N) is 5. The summed E-state index contributed by atoms with van der Waals surface area (Å²) in [6, 6.07) is 23.4. The molecular formula is C27H23N5O2. The average Bonchev–Trinajstić information content (AvgIpc) is 3.56. The predicted octanol–water partition coefficient (Wildman–Crippen LogP) is 4.63. The molecule has 5 aromatic rings. The zero-order chi connectivity index (χ0) is 22.9. The molecule has 3 aromatic heterocycles. The van der Waals surface area contributed by atoms with Gasteiger partial charge in [0.05, 0.1) is 35.0 Å². The molecule has 6 rings (SSSR count). The van der Waals surface area contributed by atoms with Crippen LogP contribution in [0.1, 0.15) is 18.5 Å². The van der Waals surface area contributed by atoms with Gasteiger partial charge in [-0.15, -0.1) is 0 Å². The van der Waals surface area contributed by atoms with Gasteiger partial charge in [-0.1, -0.05) is 42.5 Å². The highest BCUT2D eigenvalue weighted by Gasteiger charge is 2.24. The maximum absolute atomic E-state index is 13.5. The number of aromatic nitrogens is 5. The molecule has 34 heavy (non-hydrogen) atoms. The summed E-state index contributed by atoms with van der Waals surface area (Å²) in [7, 11) is 0. The van der Waals surface area contributed by atoms with Gasteiger partial charge in [0.25, 0.3) is 5.43 Å². The van der Waals surface area contributed by atoms with Crippen LogP contribution in [0, 0.1) is 5.92 Å². The van der Waals surface area contributed by atoms with E-state index in [1.54, 1.807) is 17.1 Å². The van der Waals surface area contributed by atoms with Crippen molar-refractivity contribution in [2.45, 2.75) is 26.0 Å². The number of pyridine rings is 1. The monoisotopic (exact) mass is 449 g/mol. The van der Waals surface area contributed by atoms with E-state index in [1.807, 2.05) is 77.5 Å². The Bertz CT molecular complexity index is 1520. The fraction of sp³-hybridized carbons (Fsp3) is 0.185. The molecule has 0 spiro atoms. The molecule has 7 nitrogen and oxygen atoms in total. The third-order valence-corrected chi connectivity index (χ3v) is 5.99. The van der Waals surface area contributed by atoms with E-state index in [1.165, 1.54) is 12.8 Å². The maximum Gasteiger partial charge on any atom is 0.251 e. The normalized spacial score (nSPS) is 13.3. The van der Waals surface area contributed by atoms with Crippen molar-refractivity contribution in [3.05, 3.63) is 101 Å². The van der Waals surface area contributed by atoms with Crippen molar-refractivity contribution in [3.8, 4) is 22.8 Å². The van der Waals surface area contributed by atoms with Gasteiger partial charge in [0, 0.05) is 11.9 Å². The second-order valence-corrected chi connectivity index (χ2v) is 8.58. The lowest BCUT2D eigenvalue weighted by molar-refractivity contribution is 0.293. The molecule has 0 saturated heterocycles. The topological polar surface area (TPSA) is 74.8 Å². The fourth-order valence-corrected chi connectivity index (χ4v) is 4.04. The lowest BCUT2D eigenvalue weighted by atomic mass is 10.2. The molecule has 1 saturated carbocycles. The summed E-state index contributed by atoms with van der Waals surface area (Å²) < 4.78 is 9.60. The minimum absolute atomic E-state index is 0.199. The maximum atomic E-state index is 13.5. The molecule has 1 aliphatic rings. The van der Waals surface area contributed by atoms with Crippen molar-refractivity contribution >= 4 is 10.9 Å². The van der Waals surface area contributed by atoms with Crippen LogP contribution in [0.15, 0.2) is 90.0 Å². The van der Waals surface area contributed by atoms with E-state index in [0.29, 0.717) is 17.3 Å². The summed E-state index contributed by atoms with van der Waals surface area (Å²) in [4.78, 5) is 18.1. The lowest BCUT2D eigenvalue weighted by Crippen LogP contribution is -2.20. The Morgan fingerprint density at radius 1 is 0.941 bits per heavy atom. The summed E-state index contributed by atoms with van der Waals surface area (Å²) in [6.45, 7) is 0.961. The van der Waals surface area contributed by atoms with Gasteiger partial charge < -0.3 is 4.74 Å². The molecule has 0 N–H and O–H groups in total. The first-order valence-electron chi connectivity index (χ1n) is 11.4. The Balaban J connectivity index is 1.37. The van der Waals surface area contributed by atoms with Crippen molar-refractivity contribution in [2.75, 3.05) is 0 Å². The van der Waals surface area contributed by atoms with Gasteiger partial charge in [-0.3, -0.25) is 9.48 Å². The van der Waals surface area contributed by atoms with E-state index in [-0.39, 0.29) is 17.8 Å². The highest BCUT2D eigenvalue weighted by molar-refractivity contribution is 5.78. The van der Waals surface area contributed by atoms with E-state index in [9.17, 15) is 4.79 Å². The van der Waals surface area contributed by atoms with E-state index in [2.05, 4.69) is 15.2 Å². The van der Waals surface area contributed by atoms with Gasteiger partial charge in [0.1, 0.15) is 6.61 Å². The Kier molecular flexibility index (Phi) is 5.14. The average molecular weight is 450 g/mol. The van der Waals surface area contributed by atoms with Crippen LogP contribution in [0.3, 0.4) is 0 Å².